The Morgan fingerprint density at radius 2 is 1.82 bits per heavy atom. The zero-order valence-electron chi connectivity index (χ0n) is 18.6. The molecule has 5 aromatic rings. The lowest BCUT2D eigenvalue weighted by Gasteiger charge is -2.10. The van der Waals surface area contributed by atoms with Crippen LogP contribution in [0, 0.1) is 0 Å². The molecule has 0 fully saturated rings. The maximum Gasteiger partial charge on any atom is 0.234 e. The van der Waals surface area contributed by atoms with Crippen molar-refractivity contribution in [2.45, 2.75) is 11.8 Å². The van der Waals surface area contributed by atoms with Crippen LogP contribution in [0.5, 0.6) is 11.5 Å². The van der Waals surface area contributed by atoms with Gasteiger partial charge in [0.05, 0.1) is 18.6 Å². The molecule has 0 saturated carbocycles. The van der Waals surface area contributed by atoms with E-state index in [1.807, 2.05) is 72.3 Å². The van der Waals surface area contributed by atoms with Gasteiger partial charge in [0, 0.05) is 23.9 Å². The van der Waals surface area contributed by atoms with Crippen molar-refractivity contribution in [3.8, 4) is 11.5 Å². The number of anilines is 1. The number of furan rings is 1. The summed E-state index contributed by atoms with van der Waals surface area (Å²) in [4.78, 5) is 12.7. The molecule has 0 atom stereocenters. The molecule has 0 bridgehead atoms. The van der Waals surface area contributed by atoms with Crippen molar-refractivity contribution in [1.82, 2.24) is 14.8 Å². The number of benzene rings is 3. The number of para-hydroxylation sites is 2. The number of nitrogens with zero attached hydrogens (tertiary/aromatic N) is 3. The molecule has 1 N–H and O–H groups in total. The first-order valence-electron chi connectivity index (χ1n) is 10.6. The second-order valence-electron chi connectivity index (χ2n) is 7.54. The first kappa shape index (κ1) is 21.8. The van der Waals surface area contributed by atoms with E-state index in [-0.39, 0.29) is 18.3 Å². The molecule has 0 spiro atoms. The van der Waals surface area contributed by atoms with Gasteiger partial charge in [-0.25, -0.2) is 0 Å². The van der Waals surface area contributed by atoms with Gasteiger partial charge in [-0.3, -0.25) is 4.79 Å². The van der Waals surface area contributed by atoms with Crippen molar-refractivity contribution in [2.24, 2.45) is 7.05 Å². The van der Waals surface area contributed by atoms with Crippen LogP contribution in [0.15, 0.2) is 76.3 Å². The molecule has 1 amide bonds. The smallest absolute Gasteiger partial charge is 0.234 e. The number of ether oxygens (including phenoxy) is 2. The molecule has 3 aromatic carbocycles. The van der Waals surface area contributed by atoms with Crippen molar-refractivity contribution in [1.29, 1.82) is 0 Å². The number of carbonyl (C=O) groups is 1. The molecule has 0 aliphatic carbocycles. The minimum absolute atomic E-state index is 0.160. The monoisotopic (exact) mass is 474 g/mol. The van der Waals surface area contributed by atoms with Crippen LogP contribution in [0.1, 0.15) is 5.82 Å². The number of nitrogens with one attached hydrogen (secondary N) is 1. The zero-order valence-corrected chi connectivity index (χ0v) is 19.5. The minimum atomic E-state index is -0.191. The Labute approximate surface area is 199 Å². The second-order valence-corrected chi connectivity index (χ2v) is 8.49. The predicted molar refractivity (Wildman–Crippen MR) is 131 cm³/mol. The molecule has 2 aromatic heterocycles. The summed E-state index contributed by atoms with van der Waals surface area (Å²) in [6.07, 6.45) is 0. The number of hydrogen-bond donors (Lipinski definition) is 1. The molecule has 0 aliphatic heterocycles. The van der Waals surface area contributed by atoms with Crippen molar-refractivity contribution in [2.75, 3.05) is 18.2 Å². The average Bonchev–Trinajstić information content (AvgIpc) is 3.40. The van der Waals surface area contributed by atoms with E-state index in [2.05, 4.69) is 15.5 Å². The fraction of sp³-hybridized carbons (Fsp3) is 0.160. The molecule has 0 unspecified atom stereocenters. The third kappa shape index (κ3) is 4.42. The van der Waals surface area contributed by atoms with E-state index in [9.17, 15) is 4.79 Å². The Hall–Kier alpha value is -3.98. The topological polar surface area (TPSA) is 91.4 Å². The highest BCUT2D eigenvalue weighted by atomic mass is 32.2. The second kappa shape index (κ2) is 9.48. The van der Waals surface area contributed by atoms with Gasteiger partial charge in [-0.05, 0) is 24.3 Å². The fourth-order valence-electron chi connectivity index (χ4n) is 3.60. The molecular formula is C25H22N4O4S. The van der Waals surface area contributed by atoms with Crippen molar-refractivity contribution in [3.63, 3.8) is 0 Å². The number of fused-ring (bicyclic) bond motifs is 3. The molecule has 5 rings (SSSR count). The Kier molecular flexibility index (Phi) is 6.09. The number of rotatable bonds is 8. The minimum Gasteiger partial charge on any atom is -0.495 e. The molecule has 0 aliphatic rings. The van der Waals surface area contributed by atoms with Crippen LogP contribution in [-0.4, -0.2) is 33.5 Å². The molecule has 34 heavy (non-hydrogen) atoms. The summed E-state index contributed by atoms with van der Waals surface area (Å²) in [5.74, 6) is 1.96. The van der Waals surface area contributed by atoms with E-state index in [4.69, 9.17) is 13.9 Å². The lowest BCUT2D eigenvalue weighted by atomic mass is 10.1. The highest BCUT2D eigenvalue weighted by Crippen LogP contribution is 2.36. The van der Waals surface area contributed by atoms with Gasteiger partial charge in [0.2, 0.25) is 5.91 Å². The summed E-state index contributed by atoms with van der Waals surface area (Å²) in [7, 11) is 3.43. The van der Waals surface area contributed by atoms with Gasteiger partial charge in [0.15, 0.2) is 11.0 Å². The van der Waals surface area contributed by atoms with Crippen LogP contribution >= 0.6 is 11.8 Å². The highest BCUT2D eigenvalue weighted by molar-refractivity contribution is 7.99. The van der Waals surface area contributed by atoms with Crippen LogP contribution in [0.4, 0.5) is 5.69 Å². The Morgan fingerprint density at radius 3 is 2.65 bits per heavy atom. The summed E-state index contributed by atoms with van der Waals surface area (Å²) < 4.78 is 19.0. The summed E-state index contributed by atoms with van der Waals surface area (Å²) in [6.45, 7) is 0.287. The first-order chi connectivity index (χ1) is 16.6. The maximum atomic E-state index is 12.7. The molecule has 8 nitrogen and oxygen atoms in total. The van der Waals surface area contributed by atoms with Crippen molar-refractivity contribution < 1.29 is 18.7 Å². The Balaban J connectivity index is 1.25. The highest BCUT2D eigenvalue weighted by Gasteiger charge is 2.16. The SMILES string of the molecule is COc1cc2c(cc1NC(=O)CSc1nnc(COc3ccccc3)n1C)oc1ccccc12. The quantitative estimate of drug-likeness (QED) is 0.315. The van der Waals surface area contributed by atoms with Gasteiger partial charge < -0.3 is 23.8 Å². The number of carbonyl (C=O) groups excluding carboxylic acids is 1. The maximum absolute atomic E-state index is 12.7. The van der Waals surface area contributed by atoms with E-state index >= 15 is 0 Å². The van der Waals surface area contributed by atoms with Gasteiger partial charge >= 0.3 is 0 Å². The lowest BCUT2D eigenvalue weighted by Crippen LogP contribution is -2.15. The van der Waals surface area contributed by atoms with E-state index in [0.29, 0.717) is 28.0 Å². The number of thioether (sulfide) groups is 1. The van der Waals surface area contributed by atoms with Gasteiger partial charge in [-0.15, -0.1) is 10.2 Å². The molecule has 9 heteroatoms. The van der Waals surface area contributed by atoms with E-state index in [1.165, 1.54) is 11.8 Å². The summed E-state index contributed by atoms with van der Waals surface area (Å²) >= 11 is 1.30. The third-order valence-electron chi connectivity index (χ3n) is 5.34. The molecule has 0 saturated heterocycles. The molecule has 0 radical (unpaired) electrons. The van der Waals surface area contributed by atoms with Gasteiger partial charge in [0.25, 0.3) is 0 Å². The number of methoxy groups -OCH3 is 1. The fourth-order valence-corrected chi connectivity index (χ4v) is 4.33. The number of amides is 1. The van der Waals surface area contributed by atoms with E-state index in [0.717, 1.165) is 22.1 Å². The van der Waals surface area contributed by atoms with Crippen LogP contribution in [-0.2, 0) is 18.4 Å². The van der Waals surface area contributed by atoms with Crippen LogP contribution in [0.2, 0.25) is 0 Å². The number of aromatic nitrogens is 3. The molecule has 172 valence electrons. The largest absolute Gasteiger partial charge is 0.495 e. The average molecular weight is 475 g/mol. The standard InChI is InChI=1S/C25H22N4O4S/c1-29-23(14-32-16-8-4-3-5-9-16)27-28-25(29)34-15-24(30)26-19-13-21-18(12-22(19)31-2)17-10-6-7-11-20(17)33-21/h3-13H,14-15H2,1-2H3,(H,26,30). The molecular weight excluding hydrogens is 452 g/mol. The predicted octanol–water partition coefficient (Wildman–Crippen LogP) is 5.03. The zero-order chi connectivity index (χ0) is 23.5. The van der Waals surface area contributed by atoms with Gasteiger partial charge in [0.1, 0.15) is 29.3 Å². The summed E-state index contributed by atoms with van der Waals surface area (Å²) in [6, 6.07) is 21.0. The Bertz CT molecular complexity index is 1460. The van der Waals surface area contributed by atoms with Crippen LogP contribution in [0.3, 0.4) is 0 Å². The Morgan fingerprint density at radius 1 is 1.03 bits per heavy atom. The lowest BCUT2D eigenvalue weighted by molar-refractivity contribution is -0.113. The summed E-state index contributed by atoms with van der Waals surface area (Å²) in [5, 5.41) is 13.8. The van der Waals surface area contributed by atoms with Gasteiger partial charge in [-0.2, -0.15) is 0 Å². The van der Waals surface area contributed by atoms with Gasteiger partial charge in [-0.1, -0.05) is 48.2 Å². The summed E-state index contributed by atoms with van der Waals surface area (Å²) in [5.41, 5.74) is 2.02. The van der Waals surface area contributed by atoms with E-state index < -0.39 is 0 Å². The molecule has 2 heterocycles. The van der Waals surface area contributed by atoms with Crippen molar-refractivity contribution in [3.05, 3.63) is 72.6 Å². The normalized spacial score (nSPS) is 11.1. The number of hydrogen-bond acceptors (Lipinski definition) is 7. The first-order valence-corrected chi connectivity index (χ1v) is 11.6. The van der Waals surface area contributed by atoms with Crippen molar-refractivity contribution >= 4 is 45.3 Å². The van der Waals surface area contributed by atoms with Crippen LogP contribution in [0.25, 0.3) is 21.9 Å². The van der Waals surface area contributed by atoms with E-state index in [1.54, 1.807) is 13.2 Å². The third-order valence-corrected chi connectivity index (χ3v) is 6.36. The van der Waals surface area contributed by atoms with Crippen LogP contribution < -0.4 is 14.8 Å².